The van der Waals surface area contributed by atoms with E-state index in [0.717, 1.165) is 16.9 Å². The number of ether oxygens (including phenoxy) is 1. The van der Waals surface area contributed by atoms with Crippen LogP contribution in [0, 0.1) is 5.82 Å². The highest BCUT2D eigenvalue weighted by Crippen LogP contribution is 2.29. The molecule has 0 aliphatic heterocycles. The lowest BCUT2D eigenvalue weighted by Gasteiger charge is -2.30. The molecule has 3 aromatic rings. The Hall–Kier alpha value is -2.69. The largest absolute Gasteiger partial charge is 0.497 e. The fraction of sp³-hybridized carbons (Fsp3) is 0.182. The monoisotopic (exact) mass is 351 g/mol. The molecule has 0 aliphatic rings. The van der Waals surface area contributed by atoms with Gasteiger partial charge in [-0.05, 0) is 41.0 Å². The second-order valence-electron chi connectivity index (χ2n) is 6.19. The van der Waals surface area contributed by atoms with E-state index in [0.29, 0.717) is 18.7 Å². The van der Waals surface area contributed by atoms with Crippen molar-refractivity contribution in [1.82, 2.24) is 5.32 Å². The molecule has 3 aromatic carbocycles. The van der Waals surface area contributed by atoms with E-state index in [4.69, 9.17) is 4.74 Å². The van der Waals surface area contributed by atoms with Crippen LogP contribution in [0.5, 0.6) is 5.75 Å². The summed E-state index contributed by atoms with van der Waals surface area (Å²) < 4.78 is 18.6. The van der Waals surface area contributed by atoms with E-state index in [1.54, 1.807) is 19.2 Å². The van der Waals surface area contributed by atoms with Crippen molar-refractivity contribution in [3.05, 3.63) is 101 Å². The highest BCUT2D eigenvalue weighted by Gasteiger charge is 2.31. The van der Waals surface area contributed by atoms with Crippen LogP contribution in [0.1, 0.15) is 16.7 Å². The van der Waals surface area contributed by atoms with E-state index in [1.165, 1.54) is 12.1 Å². The lowest BCUT2D eigenvalue weighted by Crippen LogP contribution is -2.39. The minimum absolute atomic E-state index is 0.292. The number of hydrogen-bond donors (Lipinski definition) is 2. The first-order valence-corrected chi connectivity index (χ1v) is 8.49. The summed E-state index contributed by atoms with van der Waals surface area (Å²) in [5, 5.41) is 14.7. The number of methoxy groups -OCH3 is 1. The first-order valence-electron chi connectivity index (χ1n) is 8.49. The summed E-state index contributed by atoms with van der Waals surface area (Å²) in [5.41, 5.74) is 1.19. The molecule has 0 unspecified atom stereocenters. The normalized spacial score (nSPS) is 13.2. The number of hydrogen-bond acceptors (Lipinski definition) is 3. The maximum Gasteiger partial charge on any atom is 0.127 e. The molecule has 0 bridgehead atoms. The second kappa shape index (κ2) is 8.13. The van der Waals surface area contributed by atoms with Crippen molar-refractivity contribution < 1.29 is 14.2 Å². The third kappa shape index (κ3) is 4.10. The molecule has 0 radical (unpaired) electrons. The summed E-state index contributed by atoms with van der Waals surface area (Å²) in [5.74, 6) is 0.467. The molecule has 0 saturated carbocycles. The summed E-state index contributed by atoms with van der Waals surface area (Å²) in [6, 6.07) is 23.1. The predicted molar refractivity (Wildman–Crippen MR) is 101 cm³/mol. The summed E-state index contributed by atoms with van der Waals surface area (Å²) >= 11 is 0. The standard InChI is InChI=1S/C22H22FNO2/c1-26-21-9-5-6-17(14-21)15-24-16-22(25,18-7-3-2-4-8-18)19-10-12-20(23)13-11-19/h2-14,24-25H,15-16H2,1H3/t22-/m1/s1. The number of aliphatic hydroxyl groups is 1. The summed E-state index contributed by atoms with van der Waals surface area (Å²) in [6.07, 6.45) is 0. The molecule has 3 rings (SSSR count). The Morgan fingerprint density at radius 3 is 2.31 bits per heavy atom. The van der Waals surface area contributed by atoms with Gasteiger partial charge in [0.25, 0.3) is 0 Å². The average molecular weight is 351 g/mol. The van der Waals surface area contributed by atoms with Gasteiger partial charge in [0, 0.05) is 13.1 Å². The molecule has 4 heteroatoms. The van der Waals surface area contributed by atoms with Gasteiger partial charge in [0.15, 0.2) is 0 Å². The number of halogens is 1. The average Bonchev–Trinajstić information content (AvgIpc) is 2.69. The van der Waals surface area contributed by atoms with Crippen LogP contribution in [0.25, 0.3) is 0 Å². The lowest BCUT2D eigenvalue weighted by molar-refractivity contribution is 0.0795. The molecule has 1 atom stereocenters. The van der Waals surface area contributed by atoms with Crippen molar-refractivity contribution in [3.8, 4) is 5.75 Å². The van der Waals surface area contributed by atoms with Crippen LogP contribution in [0.4, 0.5) is 4.39 Å². The van der Waals surface area contributed by atoms with Gasteiger partial charge in [-0.1, -0.05) is 54.6 Å². The van der Waals surface area contributed by atoms with Gasteiger partial charge in [0.05, 0.1) is 7.11 Å². The highest BCUT2D eigenvalue weighted by atomic mass is 19.1. The molecule has 0 saturated heterocycles. The third-order valence-corrected chi connectivity index (χ3v) is 4.42. The molecule has 0 fully saturated rings. The molecule has 0 spiro atoms. The van der Waals surface area contributed by atoms with Crippen LogP contribution in [0.2, 0.25) is 0 Å². The fourth-order valence-electron chi connectivity index (χ4n) is 2.98. The molecule has 0 aromatic heterocycles. The van der Waals surface area contributed by atoms with Crippen molar-refractivity contribution >= 4 is 0 Å². The van der Waals surface area contributed by atoms with Gasteiger partial charge in [-0.15, -0.1) is 0 Å². The quantitative estimate of drug-likeness (QED) is 0.679. The van der Waals surface area contributed by atoms with Crippen LogP contribution in [0.15, 0.2) is 78.9 Å². The minimum Gasteiger partial charge on any atom is -0.497 e. The van der Waals surface area contributed by atoms with Gasteiger partial charge in [-0.3, -0.25) is 0 Å². The van der Waals surface area contributed by atoms with E-state index in [2.05, 4.69) is 5.32 Å². The van der Waals surface area contributed by atoms with E-state index in [-0.39, 0.29) is 5.82 Å². The summed E-state index contributed by atoms with van der Waals surface area (Å²) in [7, 11) is 1.63. The number of rotatable bonds is 7. The Morgan fingerprint density at radius 2 is 1.62 bits per heavy atom. The Labute approximate surface area is 153 Å². The Morgan fingerprint density at radius 1 is 0.923 bits per heavy atom. The predicted octanol–water partition coefficient (Wildman–Crippen LogP) is 3.86. The first-order chi connectivity index (χ1) is 12.6. The smallest absolute Gasteiger partial charge is 0.127 e. The van der Waals surface area contributed by atoms with Crippen molar-refractivity contribution in [1.29, 1.82) is 0 Å². The molecule has 0 amide bonds. The SMILES string of the molecule is COc1cccc(CNC[C@@](O)(c2ccccc2)c2ccc(F)cc2)c1. The van der Waals surface area contributed by atoms with Crippen molar-refractivity contribution in [2.45, 2.75) is 12.1 Å². The van der Waals surface area contributed by atoms with E-state index >= 15 is 0 Å². The van der Waals surface area contributed by atoms with E-state index in [1.807, 2.05) is 54.6 Å². The molecule has 26 heavy (non-hydrogen) atoms. The third-order valence-electron chi connectivity index (χ3n) is 4.42. The summed E-state index contributed by atoms with van der Waals surface area (Å²) in [6.45, 7) is 0.868. The van der Waals surface area contributed by atoms with E-state index in [9.17, 15) is 9.50 Å². The summed E-state index contributed by atoms with van der Waals surface area (Å²) in [4.78, 5) is 0. The van der Waals surface area contributed by atoms with Crippen molar-refractivity contribution in [2.24, 2.45) is 0 Å². The zero-order valence-corrected chi connectivity index (χ0v) is 14.7. The minimum atomic E-state index is -1.26. The van der Waals surface area contributed by atoms with Crippen LogP contribution >= 0.6 is 0 Å². The van der Waals surface area contributed by atoms with Gasteiger partial charge in [-0.25, -0.2) is 4.39 Å². The van der Waals surface area contributed by atoms with Crippen molar-refractivity contribution in [3.63, 3.8) is 0 Å². The van der Waals surface area contributed by atoms with Crippen LogP contribution in [-0.2, 0) is 12.1 Å². The molecular weight excluding hydrogens is 329 g/mol. The number of nitrogens with one attached hydrogen (secondary N) is 1. The van der Waals surface area contributed by atoms with Gasteiger partial charge >= 0.3 is 0 Å². The van der Waals surface area contributed by atoms with Crippen LogP contribution < -0.4 is 10.1 Å². The molecule has 134 valence electrons. The number of benzene rings is 3. The van der Waals surface area contributed by atoms with E-state index < -0.39 is 5.60 Å². The molecule has 2 N–H and O–H groups in total. The maximum atomic E-state index is 13.3. The topological polar surface area (TPSA) is 41.5 Å². The van der Waals surface area contributed by atoms with Crippen molar-refractivity contribution in [2.75, 3.05) is 13.7 Å². The van der Waals surface area contributed by atoms with Gasteiger partial charge in [-0.2, -0.15) is 0 Å². The molecule has 3 nitrogen and oxygen atoms in total. The molecular formula is C22H22FNO2. The molecule has 0 aliphatic carbocycles. The highest BCUT2D eigenvalue weighted by molar-refractivity contribution is 5.37. The van der Waals surface area contributed by atoms with Crippen LogP contribution in [-0.4, -0.2) is 18.8 Å². The van der Waals surface area contributed by atoms with Crippen LogP contribution in [0.3, 0.4) is 0 Å². The van der Waals surface area contributed by atoms with Gasteiger partial charge in [0.1, 0.15) is 17.2 Å². The first kappa shape index (κ1) is 18.1. The lowest BCUT2D eigenvalue weighted by atomic mass is 9.86. The second-order valence-corrected chi connectivity index (χ2v) is 6.19. The Kier molecular flexibility index (Phi) is 5.66. The molecule has 0 heterocycles. The zero-order chi connectivity index (χ0) is 18.4. The Balaban J connectivity index is 1.81. The van der Waals surface area contributed by atoms with Gasteiger partial charge < -0.3 is 15.2 Å². The van der Waals surface area contributed by atoms with Gasteiger partial charge in [0.2, 0.25) is 0 Å². The Bertz CT molecular complexity index is 836. The maximum absolute atomic E-state index is 13.3. The fourth-order valence-corrected chi connectivity index (χ4v) is 2.98. The zero-order valence-electron chi connectivity index (χ0n) is 14.7.